The van der Waals surface area contributed by atoms with Crippen molar-refractivity contribution >= 4 is 0 Å². The molecule has 0 fully saturated rings. The third-order valence-corrected chi connectivity index (χ3v) is 4.22. The summed E-state index contributed by atoms with van der Waals surface area (Å²) < 4.78 is 0. The molecule has 2 N–H and O–H groups in total. The summed E-state index contributed by atoms with van der Waals surface area (Å²) in [6, 6.07) is 0. The van der Waals surface area contributed by atoms with Crippen molar-refractivity contribution in [3.63, 3.8) is 0 Å². The van der Waals surface area contributed by atoms with Crippen molar-refractivity contribution in [3.05, 3.63) is 0 Å². The molecule has 110 valence electrons. The predicted molar refractivity (Wildman–Crippen MR) is 78.6 cm³/mol. The number of hydrogen-bond acceptors (Lipinski definition) is 2. The van der Waals surface area contributed by atoms with Gasteiger partial charge in [-0.15, -0.1) is 0 Å². The Kier molecular flexibility index (Phi) is 10.8. The number of aliphatic hydroxyl groups is 2. The van der Waals surface area contributed by atoms with E-state index in [1.165, 1.54) is 0 Å². The van der Waals surface area contributed by atoms with Crippen molar-refractivity contribution in [3.8, 4) is 0 Å². The molecule has 4 atom stereocenters. The van der Waals surface area contributed by atoms with Gasteiger partial charge in [0.2, 0.25) is 0 Å². The first-order valence-corrected chi connectivity index (χ1v) is 7.98. The van der Waals surface area contributed by atoms with Crippen molar-refractivity contribution in [2.45, 2.75) is 91.3 Å². The Morgan fingerprint density at radius 1 is 0.667 bits per heavy atom. The molecule has 0 spiro atoms. The van der Waals surface area contributed by atoms with Crippen molar-refractivity contribution in [2.24, 2.45) is 11.8 Å². The van der Waals surface area contributed by atoms with Crippen LogP contribution in [-0.2, 0) is 0 Å². The molecule has 0 aromatic carbocycles. The molecule has 0 saturated carbocycles. The highest BCUT2D eigenvalue weighted by atomic mass is 16.3. The van der Waals surface area contributed by atoms with E-state index in [-0.39, 0.29) is 11.8 Å². The van der Waals surface area contributed by atoms with Gasteiger partial charge in [-0.3, -0.25) is 0 Å². The van der Waals surface area contributed by atoms with E-state index in [2.05, 4.69) is 27.7 Å². The van der Waals surface area contributed by atoms with Crippen molar-refractivity contribution < 1.29 is 10.2 Å². The van der Waals surface area contributed by atoms with Crippen LogP contribution in [0.2, 0.25) is 0 Å². The molecule has 0 radical (unpaired) electrons. The van der Waals surface area contributed by atoms with E-state index >= 15 is 0 Å². The predicted octanol–water partition coefficient (Wildman–Crippen LogP) is 4.14. The fraction of sp³-hybridized carbons (Fsp3) is 1.00. The lowest BCUT2D eigenvalue weighted by molar-refractivity contribution is -0.0537. The molecule has 18 heavy (non-hydrogen) atoms. The second-order valence-electron chi connectivity index (χ2n) is 5.60. The van der Waals surface area contributed by atoms with Crippen molar-refractivity contribution in [1.29, 1.82) is 0 Å². The maximum Gasteiger partial charge on any atom is 0.0829 e. The molecule has 2 nitrogen and oxygen atoms in total. The Balaban J connectivity index is 4.35. The van der Waals surface area contributed by atoms with Crippen LogP contribution < -0.4 is 0 Å². The van der Waals surface area contributed by atoms with E-state index in [1.54, 1.807) is 0 Å². The zero-order valence-corrected chi connectivity index (χ0v) is 12.9. The highest BCUT2D eigenvalue weighted by Crippen LogP contribution is 2.26. The van der Waals surface area contributed by atoms with Gasteiger partial charge in [0.25, 0.3) is 0 Å². The van der Waals surface area contributed by atoms with Gasteiger partial charge < -0.3 is 10.2 Å². The molecule has 0 rings (SSSR count). The van der Waals surface area contributed by atoms with Crippen LogP contribution in [0.5, 0.6) is 0 Å². The lowest BCUT2D eigenvalue weighted by Gasteiger charge is -2.31. The minimum absolute atomic E-state index is 0.260. The number of hydrogen-bond donors (Lipinski definition) is 2. The van der Waals surface area contributed by atoms with Crippen LogP contribution in [0, 0.1) is 11.8 Å². The normalized spacial score (nSPS) is 18.3. The molecule has 0 amide bonds. The Morgan fingerprint density at radius 2 is 1.00 bits per heavy atom. The number of aliphatic hydroxyl groups excluding tert-OH is 2. The van der Waals surface area contributed by atoms with E-state index in [0.717, 1.165) is 51.4 Å². The summed E-state index contributed by atoms with van der Waals surface area (Å²) in [5.74, 6) is 0.520. The summed E-state index contributed by atoms with van der Waals surface area (Å²) in [5, 5.41) is 20.7. The van der Waals surface area contributed by atoms with Gasteiger partial charge in [-0.1, -0.05) is 66.2 Å². The van der Waals surface area contributed by atoms with Crippen LogP contribution in [0.15, 0.2) is 0 Å². The van der Waals surface area contributed by atoms with Gasteiger partial charge >= 0.3 is 0 Å². The summed E-state index contributed by atoms with van der Waals surface area (Å²) in [4.78, 5) is 0. The van der Waals surface area contributed by atoms with Crippen LogP contribution in [-0.4, -0.2) is 22.4 Å². The monoisotopic (exact) mass is 258 g/mol. The Labute approximate surface area is 114 Å². The fourth-order valence-electron chi connectivity index (χ4n) is 2.72. The van der Waals surface area contributed by atoms with Crippen LogP contribution in [0.3, 0.4) is 0 Å². The molecule has 0 aromatic rings. The number of unbranched alkanes of at least 4 members (excludes halogenated alkanes) is 2. The van der Waals surface area contributed by atoms with Crippen LogP contribution in [0.25, 0.3) is 0 Å². The van der Waals surface area contributed by atoms with Gasteiger partial charge in [-0.25, -0.2) is 0 Å². The second kappa shape index (κ2) is 10.8. The molecular formula is C16H34O2. The molecule has 0 aliphatic carbocycles. The van der Waals surface area contributed by atoms with E-state index in [4.69, 9.17) is 0 Å². The molecular weight excluding hydrogens is 224 g/mol. The largest absolute Gasteiger partial charge is 0.390 e. The average molecular weight is 258 g/mol. The summed E-state index contributed by atoms with van der Waals surface area (Å²) in [6.45, 7) is 8.57. The van der Waals surface area contributed by atoms with Gasteiger partial charge in [0.15, 0.2) is 0 Å². The first-order valence-electron chi connectivity index (χ1n) is 7.98. The van der Waals surface area contributed by atoms with Crippen LogP contribution in [0.4, 0.5) is 0 Å². The van der Waals surface area contributed by atoms with E-state index < -0.39 is 12.2 Å². The van der Waals surface area contributed by atoms with Crippen molar-refractivity contribution in [2.75, 3.05) is 0 Å². The maximum absolute atomic E-state index is 10.4. The summed E-state index contributed by atoms with van der Waals surface area (Å²) in [5.41, 5.74) is 0. The summed E-state index contributed by atoms with van der Waals surface area (Å²) in [6.07, 6.45) is 7.53. The molecule has 0 bridgehead atoms. The molecule has 0 aliphatic heterocycles. The van der Waals surface area contributed by atoms with Gasteiger partial charge in [-0.05, 0) is 24.7 Å². The van der Waals surface area contributed by atoms with Gasteiger partial charge in [0.05, 0.1) is 12.2 Å². The molecule has 4 unspecified atom stereocenters. The zero-order chi connectivity index (χ0) is 14.0. The topological polar surface area (TPSA) is 40.5 Å². The lowest BCUT2D eigenvalue weighted by atomic mass is 9.82. The standard InChI is InChI=1S/C16H34O2/c1-5-9-11-13(7-3)15(17)16(18)14(8-4)12-10-6-2/h13-18H,5-12H2,1-4H3. The second-order valence-corrected chi connectivity index (χ2v) is 5.60. The number of rotatable bonds is 11. The third-order valence-electron chi connectivity index (χ3n) is 4.22. The minimum Gasteiger partial charge on any atom is -0.390 e. The van der Waals surface area contributed by atoms with E-state index in [1.807, 2.05) is 0 Å². The van der Waals surface area contributed by atoms with E-state index in [0.29, 0.717) is 0 Å². The Bertz CT molecular complexity index is 162. The van der Waals surface area contributed by atoms with Gasteiger partial charge in [0.1, 0.15) is 0 Å². The minimum atomic E-state index is -0.539. The molecule has 0 heterocycles. The quantitative estimate of drug-likeness (QED) is 0.584. The highest BCUT2D eigenvalue weighted by Gasteiger charge is 2.29. The first kappa shape index (κ1) is 17.9. The maximum atomic E-state index is 10.4. The van der Waals surface area contributed by atoms with Crippen LogP contribution >= 0.6 is 0 Å². The molecule has 0 aliphatic rings. The fourth-order valence-corrected chi connectivity index (χ4v) is 2.72. The average Bonchev–Trinajstić information content (AvgIpc) is 2.39. The first-order chi connectivity index (χ1) is 8.62. The van der Waals surface area contributed by atoms with Crippen LogP contribution in [0.1, 0.15) is 79.1 Å². The van der Waals surface area contributed by atoms with Gasteiger partial charge in [-0.2, -0.15) is 0 Å². The zero-order valence-electron chi connectivity index (χ0n) is 12.9. The van der Waals surface area contributed by atoms with Gasteiger partial charge in [0, 0.05) is 0 Å². The lowest BCUT2D eigenvalue weighted by Crippen LogP contribution is -2.38. The summed E-state index contributed by atoms with van der Waals surface area (Å²) in [7, 11) is 0. The Hall–Kier alpha value is -0.0800. The highest BCUT2D eigenvalue weighted by molar-refractivity contribution is 4.80. The third kappa shape index (κ3) is 6.19. The summed E-state index contributed by atoms with van der Waals surface area (Å²) >= 11 is 0. The molecule has 0 saturated heterocycles. The van der Waals surface area contributed by atoms with Crippen molar-refractivity contribution in [1.82, 2.24) is 0 Å². The molecule has 2 heteroatoms. The Morgan fingerprint density at radius 3 is 1.22 bits per heavy atom. The molecule has 0 aromatic heterocycles. The van der Waals surface area contributed by atoms with E-state index in [9.17, 15) is 10.2 Å². The SMILES string of the molecule is CCCCC(CC)C(O)C(O)C(CC)CCCC. The smallest absolute Gasteiger partial charge is 0.0829 e.